The van der Waals surface area contributed by atoms with Gasteiger partial charge in [-0.15, -0.1) is 0 Å². The van der Waals surface area contributed by atoms with Gasteiger partial charge in [-0.2, -0.15) is 0 Å². The Morgan fingerprint density at radius 1 is 1.64 bits per heavy atom. The molecular formula is C10H18Cl2N2. The Morgan fingerprint density at radius 3 is 2.93 bits per heavy atom. The van der Waals surface area contributed by atoms with Gasteiger partial charge in [0.25, 0.3) is 0 Å². The summed E-state index contributed by atoms with van der Waals surface area (Å²) in [6.45, 7) is 4.79. The number of likely N-dealkylation sites (tertiary alicyclic amines) is 1. The van der Waals surface area contributed by atoms with Crippen LogP contribution in [0.2, 0.25) is 0 Å². The molecule has 0 saturated carbocycles. The quantitative estimate of drug-likeness (QED) is 0.816. The molecule has 2 N–H and O–H groups in total. The summed E-state index contributed by atoms with van der Waals surface area (Å²) >= 11 is 11.4. The van der Waals surface area contributed by atoms with Gasteiger partial charge in [-0.25, -0.2) is 0 Å². The lowest BCUT2D eigenvalue weighted by Crippen LogP contribution is -2.46. The summed E-state index contributed by atoms with van der Waals surface area (Å²) in [6.07, 6.45) is 2.39. The molecule has 0 radical (unpaired) electrons. The SMILES string of the molecule is CC1CCN(C/C(Cl)=C/Cl)C(CN)C1. The van der Waals surface area contributed by atoms with Gasteiger partial charge in [0.15, 0.2) is 0 Å². The van der Waals surface area contributed by atoms with Crippen LogP contribution in [0.3, 0.4) is 0 Å². The molecule has 2 nitrogen and oxygen atoms in total. The predicted molar refractivity (Wildman–Crippen MR) is 62.6 cm³/mol. The van der Waals surface area contributed by atoms with E-state index in [1.807, 2.05) is 0 Å². The maximum atomic E-state index is 5.90. The van der Waals surface area contributed by atoms with Gasteiger partial charge in [0.1, 0.15) is 0 Å². The number of hydrogen-bond donors (Lipinski definition) is 1. The van der Waals surface area contributed by atoms with E-state index in [2.05, 4.69) is 11.8 Å². The van der Waals surface area contributed by atoms with Crippen LogP contribution in [-0.2, 0) is 0 Å². The number of piperidine rings is 1. The number of nitrogens with zero attached hydrogens (tertiary/aromatic N) is 1. The Balaban J connectivity index is 2.50. The predicted octanol–water partition coefficient (Wildman–Crippen LogP) is 2.36. The Morgan fingerprint density at radius 2 is 2.36 bits per heavy atom. The van der Waals surface area contributed by atoms with E-state index in [0.717, 1.165) is 19.0 Å². The minimum atomic E-state index is 0.462. The summed E-state index contributed by atoms with van der Waals surface area (Å²) in [4.78, 5) is 2.32. The maximum absolute atomic E-state index is 5.90. The average Bonchev–Trinajstić information content (AvgIpc) is 2.20. The molecule has 1 fully saturated rings. The highest BCUT2D eigenvalue weighted by Gasteiger charge is 2.25. The van der Waals surface area contributed by atoms with Crippen molar-refractivity contribution < 1.29 is 0 Å². The highest BCUT2D eigenvalue weighted by molar-refractivity contribution is 6.36. The van der Waals surface area contributed by atoms with Crippen molar-refractivity contribution in [3.8, 4) is 0 Å². The van der Waals surface area contributed by atoms with Gasteiger partial charge < -0.3 is 5.73 Å². The summed E-state index contributed by atoms with van der Waals surface area (Å²) < 4.78 is 0. The van der Waals surface area contributed by atoms with Crippen LogP contribution in [0.25, 0.3) is 0 Å². The van der Waals surface area contributed by atoms with Gasteiger partial charge >= 0.3 is 0 Å². The van der Waals surface area contributed by atoms with Crippen molar-refractivity contribution in [3.05, 3.63) is 10.6 Å². The molecular weight excluding hydrogens is 219 g/mol. The van der Waals surface area contributed by atoms with Crippen molar-refractivity contribution in [1.29, 1.82) is 0 Å². The second-order valence-electron chi connectivity index (χ2n) is 4.05. The molecule has 1 heterocycles. The fourth-order valence-corrected chi connectivity index (χ4v) is 2.20. The van der Waals surface area contributed by atoms with E-state index in [1.165, 1.54) is 18.4 Å². The third kappa shape index (κ3) is 3.43. The minimum Gasteiger partial charge on any atom is -0.329 e. The number of hydrogen-bond acceptors (Lipinski definition) is 2. The Labute approximate surface area is 96.0 Å². The summed E-state index contributed by atoms with van der Waals surface area (Å²) in [5, 5.41) is 0.694. The first kappa shape index (κ1) is 12.3. The van der Waals surface area contributed by atoms with Crippen LogP contribution < -0.4 is 5.73 Å². The maximum Gasteiger partial charge on any atom is 0.0434 e. The highest BCUT2D eigenvalue weighted by atomic mass is 35.5. The van der Waals surface area contributed by atoms with E-state index in [9.17, 15) is 0 Å². The van der Waals surface area contributed by atoms with Crippen LogP contribution in [0, 0.1) is 5.92 Å². The smallest absolute Gasteiger partial charge is 0.0434 e. The molecule has 82 valence electrons. The number of rotatable bonds is 3. The normalized spacial score (nSPS) is 30.7. The first-order chi connectivity index (χ1) is 6.67. The molecule has 1 aliphatic heterocycles. The zero-order chi connectivity index (χ0) is 10.6. The van der Waals surface area contributed by atoms with Crippen LogP contribution in [-0.4, -0.2) is 30.6 Å². The van der Waals surface area contributed by atoms with Crippen LogP contribution in [0.1, 0.15) is 19.8 Å². The van der Waals surface area contributed by atoms with Crippen molar-refractivity contribution in [2.24, 2.45) is 11.7 Å². The molecule has 0 aromatic carbocycles. The van der Waals surface area contributed by atoms with Gasteiger partial charge in [0.2, 0.25) is 0 Å². The van der Waals surface area contributed by atoms with Crippen LogP contribution in [0.15, 0.2) is 10.6 Å². The molecule has 0 aliphatic carbocycles. The van der Waals surface area contributed by atoms with Crippen molar-refractivity contribution in [2.75, 3.05) is 19.6 Å². The van der Waals surface area contributed by atoms with Gasteiger partial charge in [-0.05, 0) is 25.3 Å². The van der Waals surface area contributed by atoms with Crippen molar-refractivity contribution in [1.82, 2.24) is 4.90 Å². The standard InChI is InChI=1S/C10H18Cl2N2/c1-8-2-3-14(7-9(12)5-11)10(4-8)6-13/h5,8,10H,2-4,6-7,13H2,1H3/b9-5-. The lowest BCUT2D eigenvalue weighted by atomic mass is 9.92. The minimum absolute atomic E-state index is 0.462. The Hall–Kier alpha value is 0.240. The van der Waals surface area contributed by atoms with Crippen LogP contribution in [0.5, 0.6) is 0 Å². The third-order valence-corrected chi connectivity index (χ3v) is 3.45. The monoisotopic (exact) mass is 236 g/mol. The lowest BCUT2D eigenvalue weighted by Gasteiger charge is -2.37. The van der Waals surface area contributed by atoms with Gasteiger partial charge in [0.05, 0.1) is 0 Å². The van der Waals surface area contributed by atoms with Crippen molar-refractivity contribution in [3.63, 3.8) is 0 Å². The van der Waals surface area contributed by atoms with E-state index >= 15 is 0 Å². The summed E-state index contributed by atoms with van der Waals surface area (Å²) in [5.41, 5.74) is 7.17. The summed E-state index contributed by atoms with van der Waals surface area (Å²) in [7, 11) is 0. The second-order valence-corrected chi connectivity index (χ2v) is 4.75. The summed E-state index contributed by atoms with van der Waals surface area (Å²) in [5.74, 6) is 0.776. The van der Waals surface area contributed by atoms with Gasteiger partial charge in [0, 0.05) is 29.7 Å². The molecule has 0 spiro atoms. The number of halogens is 2. The zero-order valence-corrected chi connectivity index (χ0v) is 10.1. The van der Waals surface area contributed by atoms with E-state index in [1.54, 1.807) is 0 Å². The Bertz CT molecular complexity index is 206. The molecule has 0 aromatic rings. The molecule has 14 heavy (non-hydrogen) atoms. The zero-order valence-electron chi connectivity index (χ0n) is 8.55. The van der Waals surface area contributed by atoms with E-state index in [4.69, 9.17) is 28.9 Å². The number of nitrogens with two attached hydrogens (primary N) is 1. The Kier molecular flexibility index (Phi) is 5.24. The van der Waals surface area contributed by atoms with Crippen molar-refractivity contribution in [2.45, 2.75) is 25.8 Å². The third-order valence-electron chi connectivity index (χ3n) is 2.84. The topological polar surface area (TPSA) is 29.3 Å². The molecule has 4 heteroatoms. The molecule has 2 atom stereocenters. The first-order valence-corrected chi connectivity index (χ1v) is 5.87. The lowest BCUT2D eigenvalue weighted by molar-refractivity contribution is 0.136. The highest BCUT2D eigenvalue weighted by Crippen LogP contribution is 2.23. The molecule has 1 saturated heterocycles. The molecule has 2 unspecified atom stereocenters. The van der Waals surface area contributed by atoms with E-state index in [-0.39, 0.29) is 0 Å². The van der Waals surface area contributed by atoms with Gasteiger partial charge in [-0.1, -0.05) is 30.1 Å². The fraction of sp³-hybridized carbons (Fsp3) is 0.800. The van der Waals surface area contributed by atoms with Crippen LogP contribution in [0.4, 0.5) is 0 Å². The molecule has 0 amide bonds. The molecule has 1 rings (SSSR count). The average molecular weight is 237 g/mol. The van der Waals surface area contributed by atoms with Crippen molar-refractivity contribution >= 4 is 23.2 Å². The second kappa shape index (κ2) is 5.96. The molecule has 0 bridgehead atoms. The van der Waals surface area contributed by atoms with Gasteiger partial charge in [-0.3, -0.25) is 4.90 Å². The fourth-order valence-electron chi connectivity index (χ4n) is 1.98. The van der Waals surface area contributed by atoms with E-state index < -0.39 is 0 Å². The van der Waals surface area contributed by atoms with E-state index in [0.29, 0.717) is 17.6 Å². The first-order valence-electron chi connectivity index (χ1n) is 5.06. The molecule has 0 aromatic heterocycles. The molecule has 1 aliphatic rings. The largest absolute Gasteiger partial charge is 0.329 e. The summed E-state index contributed by atoms with van der Waals surface area (Å²) in [6, 6.07) is 0.462. The van der Waals surface area contributed by atoms with Crippen LogP contribution >= 0.6 is 23.2 Å².